The van der Waals surface area contributed by atoms with Crippen molar-refractivity contribution in [1.82, 2.24) is 10.2 Å². The topological polar surface area (TPSA) is 52.6 Å². The molecule has 1 aliphatic rings. The summed E-state index contributed by atoms with van der Waals surface area (Å²) >= 11 is 0. The molecule has 4 nitrogen and oxygen atoms in total. The van der Waals surface area contributed by atoms with Crippen molar-refractivity contribution >= 4 is 5.91 Å². The normalized spacial score (nSPS) is 20.8. The first-order valence-corrected chi connectivity index (χ1v) is 5.03. The van der Waals surface area contributed by atoms with Gasteiger partial charge in [0.2, 0.25) is 5.91 Å². The summed E-state index contributed by atoms with van der Waals surface area (Å²) in [6.45, 7) is 5.42. The zero-order valence-electron chi connectivity index (χ0n) is 8.41. The van der Waals surface area contributed by atoms with Crippen molar-refractivity contribution in [3.63, 3.8) is 0 Å². The molecule has 0 saturated carbocycles. The van der Waals surface area contributed by atoms with Crippen LogP contribution in [0.25, 0.3) is 0 Å². The molecule has 1 unspecified atom stereocenters. The first kappa shape index (κ1) is 11.2. The van der Waals surface area contributed by atoms with E-state index in [1.54, 1.807) is 11.0 Å². The van der Waals surface area contributed by atoms with Crippen molar-refractivity contribution in [2.75, 3.05) is 26.2 Å². The van der Waals surface area contributed by atoms with Crippen LogP contribution in [-0.2, 0) is 4.79 Å². The molecule has 1 atom stereocenters. The standard InChI is InChI=1S/C10H18N2O2/c1-2-6-12(7-8-13)10(14)9-4-3-5-11-9/h2,9,11,13H,1,3-8H2. The minimum absolute atomic E-state index is 0.00625. The molecule has 14 heavy (non-hydrogen) atoms. The lowest BCUT2D eigenvalue weighted by Crippen LogP contribution is -2.44. The molecule has 0 aliphatic carbocycles. The maximum absolute atomic E-state index is 11.8. The van der Waals surface area contributed by atoms with Gasteiger partial charge in [-0.25, -0.2) is 0 Å². The van der Waals surface area contributed by atoms with Crippen LogP contribution < -0.4 is 5.32 Å². The zero-order chi connectivity index (χ0) is 10.4. The van der Waals surface area contributed by atoms with Crippen molar-refractivity contribution in [1.29, 1.82) is 0 Å². The number of aliphatic hydroxyl groups is 1. The van der Waals surface area contributed by atoms with Crippen LogP contribution in [0.2, 0.25) is 0 Å². The van der Waals surface area contributed by atoms with E-state index in [9.17, 15) is 4.79 Å². The molecule has 80 valence electrons. The smallest absolute Gasteiger partial charge is 0.240 e. The molecule has 0 bridgehead atoms. The first-order valence-electron chi connectivity index (χ1n) is 5.03. The van der Waals surface area contributed by atoms with E-state index in [4.69, 9.17) is 5.11 Å². The number of nitrogens with one attached hydrogen (secondary N) is 1. The molecule has 1 saturated heterocycles. The highest BCUT2D eigenvalue weighted by Gasteiger charge is 2.25. The number of rotatable bonds is 5. The number of amides is 1. The molecule has 1 fully saturated rings. The van der Waals surface area contributed by atoms with Gasteiger partial charge in [-0.3, -0.25) is 4.79 Å². The van der Waals surface area contributed by atoms with E-state index in [0.29, 0.717) is 13.1 Å². The highest BCUT2D eigenvalue weighted by molar-refractivity contribution is 5.82. The summed E-state index contributed by atoms with van der Waals surface area (Å²) in [5.41, 5.74) is 0. The van der Waals surface area contributed by atoms with Gasteiger partial charge in [0.15, 0.2) is 0 Å². The Balaban J connectivity index is 2.47. The van der Waals surface area contributed by atoms with E-state index in [2.05, 4.69) is 11.9 Å². The lowest BCUT2D eigenvalue weighted by molar-refractivity contribution is -0.133. The Morgan fingerprint density at radius 3 is 3.00 bits per heavy atom. The van der Waals surface area contributed by atoms with Gasteiger partial charge in [-0.05, 0) is 19.4 Å². The Labute approximate surface area is 84.6 Å². The lowest BCUT2D eigenvalue weighted by Gasteiger charge is -2.23. The van der Waals surface area contributed by atoms with Gasteiger partial charge in [-0.1, -0.05) is 6.08 Å². The quantitative estimate of drug-likeness (QED) is 0.599. The largest absolute Gasteiger partial charge is 0.395 e. The fourth-order valence-electron chi connectivity index (χ4n) is 1.68. The molecule has 0 aromatic carbocycles. The number of hydrogen-bond acceptors (Lipinski definition) is 3. The van der Waals surface area contributed by atoms with Crippen molar-refractivity contribution in [2.24, 2.45) is 0 Å². The maximum Gasteiger partial charge on any atom is 0.240 e. The van der Waals surface area contributed by atoms with Crippen LogP contribution in [0.4, 0.5) is 0 Å². The molecule has 0 aromatic heterocycles. The SMILES string of the molecule is C=CCN(CCO)C(=O)C1CCCN1. The maximum atomic E-state index is 11.8. The summed E-state index contributed by atoms with van der Waals surface area (Å²) in [7, 11) is 0. The van der Waals surface area contributed by atoms with Gasteiger partial charge in [0, 0.05) is 13.1 Å². The summed E-state index contributed by atoms with van der Waals surface area (Å²) in [5, 5.41) is 12.0. The van der Waals surface area contributed by atoms with Gasteiger partial charge in [-0.15, -0.1) is 6.58 Å². The van der Waals surface area contributed by atoms with E-state index in [-0.39, 0.29) is 18.6 Å². The van der Waals surface area contributed by atoms with Gasteiger partial charge in [-0.2, -0.15) is 0 Å². The Kier molecular flexibility index (Phi) is 4.62. The second kappa shape index (κ2) is 5.78. The first-order chi connectivity index (χ1) is 6.79. The molecule has 0 radical (unpaired) electrons. The molecule has 4 heteroatoms. The van der Waals surface area contributed by atoms with Crippen LogP contribution in [0.1, 0.15) is 12.8 Å². The van der Waals surface area contributed by atoms with Crippen molar-refractivity contribution < 1.29 is 9.90 Å². The van der Waals surface area contributed by atoms with Crippen molar-refractivity contribution in [3.05, 3.63) is 12.7 Å². The Bertz CT molecular complexity index is 200. The average Bonchev–Trinajstić information content (AvgIpc) is 2.69. The molecule has 1 rings (SSSR count). The molecule has 1 amide bonds. The van der Waals surface area contributed by atoms with Gasteiger partial charge in [0.05, 0.1) is 12.6 Å². The van der Waals surface area contributed by atoms with Crippen molar-refractivity contribution in [3.8, 4) is 0 Å². The number of nitrogens with zero attached hydrogens (tertiary/aromatic N) is 1. The summed E-state index contributed by atoms with van der Waals surface area (Å²) in [6.07, 6.45) is 3.64. The van der Waals surface area contributed by atoms with Crippen LogP contribution in [0, 0.1) is 0 Å². The van der Waals surface area contributed by atoms with E-state index < -0.39 is 0 Å². The summed E-state index contributed by atoms with van der Waals surface area (Å²) in [6, 6.07) is -0.0542. The van der Waals surface area contributed by atoms with Gasteiger partial charge in [0.25, 0.3) is 0 Å². The van der Waals surface area contributed by atoms with Crippen molar-refractivity contribution in [2.45, 2.75) is 18.9 Å². The van der Waals surface area contributed by atoms with Crippen LogP contribution in [-0.4, -0.2) is 48.2 Å². The third kappa shape index (κ3) is 2.82. The number of carbonyl (C=O) groups is 1. The third-order valence-corrected chi connectivity index (χ3v) is 2.39. The van der Waals surface area contributed by atoms with Crippen LogP contribution >= 0.6 is 0 Å². The average molecular weight is 198 g/mol. The Morgan fingerprint density at radius 1 is 1.71 bits per heavy atom. The predicted octanol–water partition coefficient (Wildman–Crippen LogP) is -0.255. The summed E-state index contributed by atoms with van der Waals surface area (Å²) in [4.78, 5) is 13.5. The molecule has 2 N–H and O–H groups in total. The van der Waals surface area contributed by atoms with E-state index >= 15 is 0 Å². The molecular formula is C10H18N2O2. The van der Waals surface area contributed by atoms with Crippen LogP contribution in [0.5, 0.6) is 0 Å². The molecule has 1 aliphatic heterocycles. The Hall–Kier alpha value is -0.870. The van der Waals surface area contributed by atoms with E-state index in [0.717, 1.165) is 19.4 Å². The molecule has 0 spiro atoms. The van der Waals surface area contributed by atoms with Gasteiger partial charge >= 0.3 is 0 Å². The number of carbonyl (C=O) groups excluding carboxylic acids is 1. The lowest BCUT2D eigenvalue weighted by atomic mass is 10.2. The van der Waals surface area contributed by atoms with Crippen LogP contribution in [0.3, 0.4) is 0 Å². The Morgan fingerprint density at radius 2 is 2.50 bits per heavy atom. The summed E-state index contributed by atoms with van der Waals surface area (Å²) in [5.74, 6) is 0.0800. The van der Waals surface area contributed by atoms with Gasteiger partial charge < -0.3 is 15.3 Å². The minimum atomic E-state index is -0.0542. The second-order valence-electron chi connectivity index (χ2n) is 3.45. The highest BCUT2D eigenvalue weighted by atomic mass is 16.3. The van der Waals surface area contributed by atoms with Gasteiger partial charge in [0.1, 0.15) is 0 Å². The molecule has 1 heterocycles. The molecular weight excluding hydrogens is 180 g/mol. The highest BCUT2D eigenvalue weighted by Crippen LogP contribution is 2.08. The molecule has 0 aromatic rings. The van der Waals surface area contributed by atoms with E-state index in [1.165, 1.54) is 0 Å². The van der Waals surface area contributed by atoms with Crippen LogP contribution in [0.15, 0.2) is 12.7 Å². The predicted molar refractivity (Wildman–Crippen MR) is 54.9 cm³/mol. The number of aliphatic hydroxyl groups excluding tert-OH is 1. The third-order valence-electron chi connectivity index (χ3n) is 2.39. The monoisotopic (exact) mass is 198 g/mol. The fourth-order valence-corrected chi connectivity index (χ4v) is 1.68. The van der Waals surface area contributed by atoms with E-state index in [1.807, 2.05) is 0 Å². The number of hydrogen-bond donors (Lipinski definition) is 2. The summed E-state index contributed by atoms with van der Waals surface area (Å²) < 4.78 is 0. The zero-order valence-corrected chi connectivity index (χ0v) is 8.41. The fraction of sp³-hybridized carbons (Fsp3) is 0.700. The minimum Gasteiger partial charge on any atom is -0.395 e. The second-order valence-corrected chi connectivity index (χ2v) is 3.45.